The average molecular weight is 225 g/mol. The van der Waals surface area contributed by atoms with Crippen LogP contribution in [0.15, 0.2) is 15.8 Å². The molecule has 16 heavy (non-hydrogen) atoms. The molecule has 0 unspecified atom stereocenters. The second-order valence-electron chi connectivity index (χ2n) is 3.88. The smallest absolute Gasteiger partial charge is 0.291 e. The normalized spacial score (nSPS) is 16.5. The minimum Gasteiger partial charge on any atom is -0.291 e. The molecule has 1 aliphatic rings. The maximum Gasteiger partial charge on any atom is 0.350 e. The largest absolute Gasteiger partial charge is 0.350 e. The van der Waals surface area contributed by atoms with Gasteiger partial charge in [-0.3, -0.25) is 24.5 Å². The minimum absolute atomic E-state index is 0.0250. The van der Waals surface area contributed by atoms with E-state index < -0.39 is 21.9 Å². The zero-order valence-corrected chi connectivity index (χ0v) is 8.51. The lowest BCUT2D eigenvalue weighted by Gasteiger charge is -2.11. The maximum atomic E-state index is 11.5. The van der Waals surface area contributed by atoms with Crippen molar-refractivity contribution in [3.05, 3.63) is 37.1 Å². The first-order valence-corrected chi connectivity index (χ1v) is 5.09. The first kappa shape index (κ1) is 10.6. The number of nitrogens with zero attached hydrogens (tertiary/aromatic N) is 2. The molecule has 0 aliphatic heterocycles. The van der Waals surface area contributed by atoms with E-state index in [0.717, 1.165) is 31.9 Å². The first-order valence-electron chi connectivity index (χ1n) is 5.09. The lowest BCUT2D eigenvalue weighted by molar-refractivity contribution is -0.386. The Hall–Kier alpha value is -1.92. The van der Waals surface area contributed by atoms with Gasteiger partial charge in [0.2, 0.25) is 0 Å². The quantitative estimate of drug-likeness (QED) is 0.587. The monoisotopic (exact) mass is 225 g/mol. The van der Waals surface area contributed by atoms with Crippen LogP contribution in [-0.2, 0) is 0 Å². The molecule has 0 amide bonds. The van der Waals surface area contributed by atoms with E-state index in [1.54, 1.807) is 0 Å². The number of hydrogen-bond acceptors (Lipinski definition) is 4. The highest BCUT2D eigenvalue weighted by Gasteiger charge is 2.22. The standard InChI is InChI=1S/C9H11N3O4/c13-8-7(12(15)16)5-11(9(14)10-8)6-3-1-2-4-6/h5-6H,1-4H2,(H,10,13,14). The van der Waals surface area contributed by atoms with Crippen LogP contribution in [0, 0.1) is 10.1 Å². The molecule has 0 spiro atoms. The third kappa shape index (κ3) is 1.75. The number of nitro groups is 1. The summed E-state index contributed by atoms with van der Waals surface area (Å²) >= 11 is 0. The minimum atomic E-state index is -0.941. The van der Waals surface area contributed by atoms with E-state index in [9.17, 15) is 19.7 Å². The van der Waals surface area contributed by atoms with Crippen molar-refractivity contribution in [1.29, 1.82) is 0 Å². The van der Waals surface area contributed by atoms with Crippen LogP contribution in [0.5, 0.6) is 0 Å². The highest BCUT2D eigenvalue weighted by molar-refractivity contribution is 5.21. The Labute approximate surface area is 89.9 Å². The molecule has 0 atom stereocenters. The summed E-state index contributed by atoms with van der Waals surface area (Å²) < 4.78 is 1.27. The van der Waals surface area contributed by atoms with E-state index in [1.165, 1.54) is 4.57 Å². The zero-order chi connectivity index (χ0) is 11.7. The maximum absolute atomic E-state index is 11.5. The van der Waals surface area contributed by atoms with E-state index in [2.05, 4.69) is 0 Å². The second-order valence-corrected chi connectivity index (χ2v) is 3.88. The number of aromatic amines is 1. The Balaban J connectivity index is 2.53. The molecule has 1 aromatic heterocycles. The summed E-state index contributed by atoms with van der Waals surface area (Å²) in [7, 11) is 0. The van der Waals surface area contributed by atoms with Crippen LogP contribution in [0.1, 0.15) is 31.7 Å². The first-order chi connectivity index (χ1) is 7.59. The van der Waals surface area contributed by atoms with E-state index in [4.69, 9.17) is 0 Å². The third-order valence-corrected chi connectivity index (χ3v) is 2.86. The van der Waals surface area contributed by atoms with Crippen molar-refractivity contribution in [1.82, 2.24) is 9.55 Å². The van der Waals surface area contributed by atoms with Crippen molar-refractivity contribution in [3.63, 3.8) is 0 Å². The fourth-order valence-electron chi connectivity index (χ4n) is 2.06. The summed E-state index contributed by atoms with van der Waals surface area (Å²) in [6.45, 7) is 0. The molecule has 1 aromatic rings. The van der Waals surface area contributed by atoms with E-state index >= 15 is 0 Å². The molecule has 0 aromatic carbocycles. The van der Waals surface area contributed by atoms with Crippen molar-refractivity contribution in [2.45, 2.75) is 31.7 Å². The van der Waals surface area contributed by atoms with E-state index in [-0.39, 0.29) is 6.04 Å². The van der Waals surface area contributed by atoms with Crippen LogP contribution in [0.3, 0.4) is 0 Å². The van der Waals surface area contributed by atoms with Crippen LogP contribution in [0.2, 0.25) is 0 Å². The third-order valence-electron chi connectivity index (χ3n) is 2.86. The number of H-pyrrole nitrogens is 1. The Morgan fingerprint density at radius 2 is 2.00 bits per heavy atom. The highest BCUT2D eigenvalue weighted by atomic mass is 16.6. The van der Waals surface area contributed by atoms with Gasteiger partial charge in [-0.2, -0.15) is 0 Å². The van der Waals surface area contributed by atoms with Gasteiger partial charge in [-0.15, -0.1) is 0 Å². The molecule has 0 radical (unpaired) electrons. The topological polar surface area (TPSA) is 98.0 Å². The summed E-state index contributed by atoms with van der Waals surface area (Å²) in [5.41, 5.74) is -2.08. The van der Waals surface area contributed by atoms with Gasteiger partial charge in [-0.1, -0.05) is 12.8 Å². The molecule has 1 heterocycles. The molecular weight excluding hydrogens is 214 g/mol. The van der Waals surface area contributed by atoms with Gasteiger partial charge in [-0.25, -0.2) is 4.79 Å². The predicted octanol–water partition coefficient (Wildman–Crippen LogP) is 0.560. The van der Waals surface area contributed by atoms with Crippen LogP contribution in [0.4, 0.5) is 5.69 Å². The molecule has 0 bridgehead atoms. The Kier molecular flexibility index (Phi) is 2.59. The van der Waals surface area contributed by atoms with Crippen LogP contribution in [0.25, 0.3) is 0 Å². The molecule has 86 valence electrons. The fourth-order valence-corrected chi connectivity index (χ4v) is 2.06. The molecule has 0 saturated heterocycles. The molecule has 7 nitrogen and oxygen atoms in total. The van der Waals surface area contributed by atoms with Crippen LogP contribution in [-0.4, -0.2) is 14.5 Å². The van der Waals surface area contributed by atoms with Gasteiger partial charge in [0, 0.05) is 6.04 Å². The Bertz CT molecular complexity index is 524. The molecule has 1 N–H and O–H groups in total. The van der Waals surface area contributed by atoms with Crippen LogP contribution >= 0.6 is 0 Å². The lowest BCUT2D eigenvalue weighted by Crippen LogP contribution is -2.32. The van der Waals surface area contributed by atoms with Gasteiger partial charge in [0.15, 0.2) is 0 Å². The molecule has 2 rings (SSSR count). The van der Waals surface area contributed by atoms with Gasteiger partial charge in [0.1, 0.15) is 0 Å². The Morgan fingerprint density at radius 3 is 2.56 bits per heavy atom. The van der Waals surface area contributed by atoms with Crippen molar-refractivity contribution < 1.29 is 4.92 Å². The van der Waals surface area contributed by atoms with Crippen molar-refractivity contribution >= 4 is 5.69 Å². The van der Waals surface area contributed by atoms with Gasteiger partial charge >= 0.3 is 16.9 Å². The fraction of sp³-hybridized carbons (Fsp3) is 0.556. The van der Waals surface area contributed by atoms with Crippen LogP contribution < -0.4 is 11.2 Å². The summed E-state index contributed by atoms with van der Waals surface area (Å²) in [6.07, 6.45) is 4.71. The molecular formula is C9H11N3O4. The van der Waals surface area contributed by atoms with Gasteiger partial charge < -0.3 is 0 Å². The van der Waals surface area contributed by atoms with Crippen molar-refractivity contribution in [3.8, 4) is 0 Å². The SMILES string of the molecule is O=c1[nH]c(=O)n(C2CCCC2)cc1[N+](=O)[O-]. The Morgan fingerprint density at radius 1 is 1.38 bits per heavy atom. The molecule has 1 fully saturated rings. The summed E-state index contributed by atoms with van der Waals surface area (Å²) in [6, 6.07) is -0.0250. The summed E-state index contributed by atoms with van der Waals surface area (Å²) in [4.78, 5) is 34.4. The number of nitrogens with one attached hydrogen (secondary N) is 1. The number of aromatic nitrogens is 2. The van der Waals surface area contributed by atoms with Gasteiger partial charge in [0.25, 0.3) is 0 Å². The van der Waals surface area contributed by atoms with Gasteiger partial charge in [0.05, 0.1) is 11.1 Å². The lowest BCUT2D eigenvalue weighted by atomic mass is 10.2. The average Bonchev–Trinajstić information content (AvgIpc) is 2.70. The van der Waals surface area contributed by atoms with E-state index in [1.807, 2.05) is 4.98 Å². The second kappa shape index (κ2) is 3.92. The summed E-state index contributed by atoms with van der Waals surface area (Å²) in [5.74, 6) is 0. The molecule has 7 heteroatoms. The predicted molar refractivity (Wildman–Crippen MR) is 55.5 cm³/mol. The molecule has 1 saturated carbocycles. The number of rotatable bonds is 2. The summed E-state index contributed by atoms with van der Waals surface area (Å²) in [5, 5.41) is 10.6. The van der Waals surface area contributed by atoms with Crippen molar-refractivity contribution in [2.75, 3.05) is 0 Å². The number of hydrogen-bond donors (Lipinski definition) is 1. The molecule has 1 aliphatic carbocycles. The van der Waals surface area contributed by atoms with Gasteiger partial charge in [-0.05, 0) is 12.8 Å². The van der Waals surface area contributed by atoms with Crippen molar-refractivity contribution in [2.24, 2.45) is 0 Å². The van der Waals surface area contributed by atoms with E-state index in [0.29, 0.717) is 0 Å². The highest BCUT2D eigenvalue weighted by Crippen LogP contribution is 2.28. The zero-order valence-electron chi connectivity index (χ0n) is 8.51.